The number of rotatable bonds is 1. The van der Waals surface area contributed by atoms with Gasteiger partial charge in [0.25, 0.3) is 5.91 Å². The quantitative estimate of drug-likeness (QED) is 0.858. The number of piperidine rings is 1. The number of hydrogen-bond donors (Lipinski definition) is 1. The minimum Gasteiger partial charge on any atom is -0.388 e. The third-order valence-corrected chi connectivity index (χ3v) is 4.05. The summed E-state index contributed by atoms with van der Waals surface area (Å²) in [7, 11) is 0. The highest BCUT2D eigenvalue weighted by atomic mass is 79.9. The first-order valence-corrected chi connectivity index (χ1v) is 7.03. The summed E-state index contributed by atoms with van der Waals surface area (Å²) >= 11 is 9.27. The summed E-state index contributed by atoms with van der Waals surface area (Å²) in [6, 6.07) is 5.14. The molecule has 18 heavy (non-hydrogen) atoms. The largest absolute Gasteiger partial charge is 0.388 e. The molecule has 1 N–H and O–H groups in total. The first-order chi connectivity index (χ1) is 8.39. The van der Waals surface area contributed by atoms with Crippen LogP contribution in [0, 0.1) is 0 Å². The van der Waals surface area contributed by atoms with Gasteiger partial charge in [-0.2, -0.15) is 0 Å². The Bertz CT molecular complexity index is 476. The van der Waals surface area contributed by atoms with Gasteiger partial charge >= 0.3 is 0 Å². The summed E-state index contributed by atoms with van der Waals surface area (Å²) in [6.07, 6.45) is 1.55. The highest BCUT2D eigenvalue weighted by Gasteiger charge is 2.31. The maximum Gasteiger partial charge on any atom is 0.255 e. The third kappa shape index (κ3) is 3.05. The summed E-state index contributed by atoms with van der Waals surface area (Å²) in [6.45, 7) is 2.80. The number of β-amino-alcohol motifs (C(OH)–C–C–N with tert-alkyl or cyclic N) is 1. The van der Waals surface area contributed by atoms with Crippen LogP contribution in [0.5, 0.6) is 0 Å². The third-order valence-electron chi connectivity index (χ3n) is 3.12. The molecule has 1 aromatic rings. The normalized spacial score (nSPS) is 24.1. The van der Waals surface area contributed by atoms with Gasteiger partial charge in [0.1, 0.15) is 0 Å². The molecule has 1 unspecified atom stereocenters. The lowest BCUT2D eigenvalue weighted by Crippen LogP contribution is -2.48. The molecule has 1 aromatic carbocycles. The van der Waals surface area contributed by atoms with E-state index in [4.69, 9.17) is 11.6 Å². The van der Waals surface area contributed by atoms with E-state index in [1.165, 1.54) is 0 Å². The van der Waals surface area contributed by atoms with Crippen molar-refractivity contribution in [3.05, 3.63) is 33.3 Å². The number of carbonyl (C=O) groups is 1. The van der Waals surface area contributed by atoms with Gasteiger partial charge in [-0.05, 0) is 53.9 Å². The highest BCUT2D eigenvalue weighted by Crippen LogP contribution is 2.26. The molecule has 0 bridgehead atoms. The molecule has 3 nitrogen and oxygen atoms in total. The van der Waals surface area contributed by atoms with Crippen molar-refractivity contribution in [3.8, 4) is 0 Å². The second kappa shape index (κ2) is 5.19. The van der Waals surface area contributed by atoms with Crippen molar-refractivity contribution in [2.45, 2.75) is 25.4 Å². The number of likely N-dealkylation sites (tertiary alicyclic amines) is 1. The smallest absolute Gasteiger partial charge is 0.255 e. The number of amides is 1. The van der Waals surface area contributed by atoms with Crippen LogP contribution in [0.4, 0.5) is 0 Å². The molecule has 0 aromatic heterocycles. The number of aliphatic hydroxyl groups is 1. The molecule has 0 aliphatic carbocycles. The maximum absolute atomic E-state index is 12.4. The predicted octanol–water partition coefficient (Wildman–Crippen LogP) is 3.09. The lowest BCUT2D eigenvalue weighted by molar-refractivity contribution is -0.0107. The van der Waals surface area contributed by atoms with Gasteiger partial charge in [-0.15, -0.1) is 0 Å². The van der Waals surface area contributed by atoms with Crippen LogP contribution >= 0.6 is 27.5 Å². The summed E-state index contributed by atoms with van der Waals surface area (Å²) in [5.74, 6) is -0.0932. The molecule has 0 spiro atoms. The number of nitrogens with zero attached hydrogens (tertiary/aromatic N) is 1. The summed E-state index contributed by atoms with van der Waals surface area (Å²) in [5.41, 5.74) is -0.251. The van der Waals surface area contributed by atoms with Crippen molar-refractivity contribution >= 4 is 33.4 Å². The number of carbonyl (C=O) groups excluding carboxylic acids is 1. The van der Waals surface area contributed by atoms with E-state index in [0.29, 0.717) is 23.7 Å². The predicted molar refractivity (Wildman–Crippen MR) is 74.9 cm³/mol. The van der Waals surface area contributed by atoms with Crippen LogP contribution in [-0.2, 0) is 0 Å². The van der Waals surface area contributed by atoms with E-state index in [-0.39, 0.29) is 5.91 Å². The van der Waals surface area contributed by atoms with Crippen LogP contribution in [0.3, 0.4) is 0 Å². The molecule has 1 heterocycles. The number of hydrogen-bond acceptors (Lipinski definition) is 2. The molecule has 1 atom stereocenters. The Morgan fingerprint density at radius 1 is 1.56 bits per heavy atom. The molecule has 1 amide bonds. The van der Waals surface area contributed by atoms with Crippen molar-refractivity contribution in [2.75, 3.05) is 13.1 Å². The van der Waals surface area contributed by atoms with Crippen LogP contribution in [0.1, 0.15) is 30.1 Å². The Balaban J connectivity index is 2.23. The second-order valence-corrected chi connectivity index (χ2v) is 6.24. The Kier molecular flexibility index (Phi) is 3.99. The van der Waals surface area contributed by atoms with Crippen molar-refractivity contribution in [1.82, 2.24) is 4.90 Å². The van der Waals surface area contributed by atoms with Gasteiger partial charge in [0.2, 0.25) is 0 Å². The summed E-state index contributed by atoms with van der Waals surface area (Å²) < 4.78 is 0.724. The lowest BCUT2D eigenvalue weighted by Gasteiger charge is -2.37. The van der Waals surface area contributed by atoms with Gasteiger partial charge in [-0.1, -0.05) is 11.6 Å². The number of benzene rings is 1. The average Bonchev–Trinajstić information content (AvgIpc) is 2.30. The van der Waals surface area contributed by atoms with Crippen molar-refractivity contribution in [1.29, 1.82) is 0 Å². The van der Waals surface area contributed by atoms with Crippen LogP contribution in [0.25, 0.3) is 0 Å². The molecule has 2 rings (SSSR count). The average molecular weight is 333 g/mol. The van der Waals surface area contributed by atoms with Crippen LogP contribution in [0.15, 0.2) is 22.7 Å². The standard InChI is InChI=1S/C13H15BrClNO2/c1-13(18)5-2-6-16(8-13)12(17)10-7-9(15)3-4-11(10)14/h3-4,7,18H,2,5-6,8H2,1H3. The molecule has 5 heteroatoms. The van der Waals surface area contributed by atoms with Crippen LogP contribution < -0.4 is 0 Å². The van der Waals surface area contributed by atoms with E-state index in [1.54, 1.807) is 30.0 Å². The molecule has 0 radical (unpaired) electrons. The van der Waals surface area contributed by atoms with Crippen LogP contribution in [0.2, 0.25) is 5.02 Å². The van der Waals surface area contributed by atoms with Crippen molar-refractivity contribution in [2.24, 2.45) is 0 Å². The van der Waals surface area contributed by atoms with E-state index >= 15 is 0 Å². The minimum atomic E-state index is -0.793. The molecule has 1 aliphatic heterocycles. The van der Waals surface area contributed by atoms with Gasteiger partial charge in [-0.25, -0.2) is 0 Å². The fraction of sp³-hybridized carbons (Fsp3) is 0.462. The molecule has 0 saturated carbocycles. The topological polar surface area (TPSA) is 40.5 Å². The number of halogens is 2. The minimum absolute atomic E-state index is 0.0932. The Labute approximate surface area is 120 Å². The fourth-order valence-electron chi connectivity index (χ4n) is 2.23. The van der Waals surface area contributed by atoms with Gasteiger partial charge in [0.05, 0.1) is 11.2 Å². The summed E-state index contributed by atoms with van der Waals surface area (Å²) in [5, 5.41) is 10.6. The monoisotopic (exact) mass is 331 g/mol. The first-order valence-electron chi connectivity index (χ1n) is 5.86. The first kappa shape index (κ1) is 13.8. The zero-order valence-corrected chi connectivity index (χ0v) is 12.5. The summed E-state index contributed by atoms with van der Waals surface area (Å²) in [4.78, 5) is 14.1. The molecule has 1 fully saturated rings. The second-order valence-electron chi connectivity index (χ2n) is 4.95. The van der Waals surface area contributed by atoms with E-state index in [2.05, 4.69) is 15.9 Å². The fourth-order valence-corrected chi connectivity index (χ4v) is 2.81. The Morgan fingerprint density at radius 2 is 2.28 bits per heavy atom. The Hall–Kier alpha value is -0.580. The Morgan fingerprint density at radius 3 is 2.94 bits per heavy atom. The molecular weight excluding hydrogens is 318 g/mol. The van der Waals surface area contributed by atoms with E-state index in [1.807, 2.05) is 0 Å². The van der Waals surface area contributed by atoms with E-state index in [9.17, 15) is 9.90 Å². The zero-order chi connectivity index (χ0) is 13.3. The lowest BCUT2D eigenvalue weighted by atomic mass is 9.94. The highest BCUT2D eigenvalue weighted by molar-refractivity contribution is 9.10. The van der Waals surface area contributed by atoms with Gasteiger partial charge < -0.3 is 10.0 Å². The van der Waals surface area contributed by atoms with Crippen LogP contribution in [-0.4, -0.2) is 34.6 Å². The van der Waals surface area contributed by atoms with E-state index < -0.39 is 5.60 Å². The molecule has 98 valence electrons. The van der Waals surface area contributed by atoms with Gasteiger partial charge in [0, 0.05) is 22.6 Å². The maximum atomic E-state index is 12.4. The molecule has 1 saturated heterocycles. The van der Waals surface area contributed by atoms with E-state index in [0.717, 1.165) is 17.3 Å². The SMILES string of the molecule is CC1(O)CCCN(C(=O)c2cc(Cl)ccc2Br)C1. The molecular formula is C13H15BrClNO2. The van der Waals surface area contributed by atoms with Gasteiger partial charge in [0.15, 0.2) is 0 Å². The van der Waals surface area contributed by atoms with Crippen molar-refractivity contribution in [3.63, 3.8) is 0 Å². The zero-order valence-electron chi connectivity index (χ0n) is 10.1. The van der Waals surface area contributed by atoms with Gasteiger partial charge in [-0.3, -0.25) is 4.79 Å². The van der Waals surface area contributed by atoms with Crippen molar-refractivity contribution < 1.29 is 9.90 Å². The molecule has 1 aliphatic rings.